The number of anilines is 2. The molecule has 5 N–H and O–H groups in total. The minimum absolute atomic E-state index is 0.0789. The molecule has 0 aliphatic heterocycles. The third-order valence-electron chi connectivity index (χ3n) is 5.45. The number of carboxylic acid groups (broad SMARTS) is 1. The fourth-order valence-electron chi connectivity index (χ4n) is 3.27. The largest absolute Gasteiger partial charge is 0.495 e. The third-order valence-corrected chi connectivity index (χ3v) is 5.45. The van der Waals surface area contributed by atoms with Gasteiger partial charge >= 0.3 is 18.0 Å². The van der Waals surface area contributed by atoms with Crippen LogP contribution in [0.3, 0.4) is 0 Å². The van der Waals surface area contributed by atoms with Crippen LogP contribution < -0.4 is 26.0 Å². The molecule has 11 nitrogen and oxygen atoms in total. The van der Waals surface area contributed by atoms with Crippen LogP contribution in [0, 0.1) is 6.92 Å². The summed E-state index contributed by atoms with van der Waals surface area (Å²) in [5.74, 6) is -0.830. The van der Waals surface area contributed by atoms with E-state index in [1.807, 2.05) is 25.1 Å². The van der Waals surface area contributed by atoms with Gasteiger partial charge in [-0.05, 0) is 43.2 Å². The normalized spacial score (nSPS) is 11.1. The Morgan fingerprint density at radius 3 is 2.33 bits per heavy atom. The quantitative estimate of drug-likeness (QED) is 0.300. The van der Waals surface area contributed by atoms with E-state index in [-0.39, 0.29) is 31.8 Å². The highest BCUT2D eigenvalue weighted by atomic mass is 16.5. The van der Waals surface area contributed by atoms with Gasteiger partial charge in [0.2, 0.25) is 5.91 Å². The van der Waals surface area contributed by atoms with Crippen molar-refractivity contribution in [2.45, 2.75) is 32.7 Å². The molecule has 0 saturated heterocycles. The molecule has 11 heteroatoms. The number of benzene rings is 2. The summed E-state index contributed by atoms with van der Waals surface area (Å²) in [5, 5.41) is 19.7. The fraction of sp³-hybridized carbons (Fsp3) is 0.360. The van der Waals surface area contributed by atoms with E-state index in [0.29, 0.717) is 22.7 Å². The summed E-state index contributed by atoms with van der Waals surface area (Å²) in [6, 6.07) is 11.2. The van der Waals surface area contributed by atoms with Gasteiger partial charge in [0.1, 0.15) is 5.75 Å². The summed E-state index contributed by atoms with van der Waals surface area (Å²) < 4.78 is 5.37. The van der Waals surface area contributed by atoms with E-state index in [1.54, 1.807) is 31.2 Å². The van der Waals surface area contributed by atoms with Gasteiger partial charge < -0.3 is 36.0 Å². The Morgan fingerprint density at radius 2 is 1.67 bits per heavy atom. The molecule has 194 valence electrons. The van der Waals surface area contributed by atoms with Crippen molar-refractivity contribution in [1.29, 1.82) is 0 Å². The first kappa shape index (κ1) is 28.0. The molecule has 2 aromatic rings. The van der Waals surface area contributed by atoms with E-state index in [0.717, 1.165) is 5.56 Å². The van der Waals surface area contributed by atoms with Gasteiger partial charge in [-0.25, -0.2) is 9.59 Å². The number of rotatable bonds is 11. The summed E-state index contributed by atoms with van der Waals surface area (Å²) in [6.07, 6.45) is -0.0780. The van der Waals surface area contributed by atoms with Crippen LogP contribution in [0.25, 0.3) is 0 Å². The maximum atomic E-state index is 12.4. The maximum absolute atomic E-state index is 12.4. The Balaban J connectivity index is 1.82. The molecule has 0 aliphatic rings. The van der Waals surface area contributed by atoms with Crippen LogP contribution >= 0.6 is 0 Å². The zero-order valence-electron chi connectivity index (χ0n) is 20.9. The Labute approximate surface area is 210 Å². The topological polar surface area (TPSA) is 149 Å². The molecule has 0 saturated carbocycles. The minimum atomic E-state index is -0.986. The molecule has 0 aliphatic carbocycles. The van der Waals surface area contributed by atoms with Crippen molar-refractivity contribution in [3.63, 3.8) is 0 Å². The molecule has 5 amide bonds. The fourth-order valence-corrected chi connectivity index (χ4v) is 3.27. The number of ether oxygens (including phenoxy) is 1. The summed E-state index contributed by atoms with van der Waals surface area (Å²) >= 11 is 0. The molecule has 2 rings (SSSR count). The highest BCUT2D eigenvalue weighted by Gasteiger charge is 2.18. The number of para-hydroxylation sites is 1. The maximum Gasteiger partial charge on any atom is 0.323 e. The molecule has 1 atom stereocenters. The first-order valence-electron chi connectivity index (χ1n) is 11.4. The minimum Gasteiger partial charge on any atom is -0.495 e. The van der Waals surface area contributed by atoms with Gasteiger partial charge in [0.05, 0.1) is 25.6 Å². The van der Waals surface area contributed by atoms with Crippen LogP contribution in [0.1, 0.15) is 24.5 Å². The summed E-state index contributed by atoms with van der Waals surface area (Å²) in [7, 11) is 2.99. The third kappa shape index (κ3) is 8.82. The lowest BCUT2D eigenvalue weighted by Crippen LogP contribution is -2.45. The van der Waals surface area contributed by atoms with E-state index in [9.17, 15) is 19.2 Å². The van der Waals surface area contributed by atoms with Crippen molar-refractivity contribution in [3.05, 3.63) is 53.6 Å². The zero-order chi connectivity index (χ0) is 26.7. The lowest BCUT2D eigenvalue weighted by Gasteiger charge is -2.24. The zero-order valence-corrected chi connectivity index (χ0v) is 20.9. The van der Waals surface area contributed by atoms with Crippen LogP contribution in [-0.4, -0.2) is 67.2 Å². The average molecular weight is 500 g/mol. The number of aryl methyl sites for hydroxylation is 1. The molecule has 0 spiro atoms. The predicted molar refractivity (Wildman–Crippen MR) is 136 cm³/mol. The second-order valence-corrected chi connectivity index (χ2v) is 8.25. The van der Waals surface area contributed by atoms with Gasteiger partial charge in [-0.2, -0.15) is 0 Å². The van der Waals surface area contributed by atoms with E-state index in [1.165, 1.54) is 19.1 Å². The summed E-state index contributed by atoms with van der Waals surface area (Å²) in [6.45, 7) is 3.94. The predicted octanol–water partition coefficient (Wildman–Crippen LogP) is 2.81. The van der Waals surface area contributed by atoms with Gasteiger partial charge in [-0.3, -0.25) is 9.59 Å². The molecule has 0 heterocycles. The van der Waals surface area contributed by atoms with Crippen LogP contribution in [0.2, 0.25) is 0 Å². The van der Waals surface area contributed by atoms with Crippen molar-refractivity contribution in [1.82, 2.24) is 15.5 Å². The summed E-state index contributed by atoms with van der Waals surface area (Å²) in [4.78, 5) is 48.8. The molecule has 0 radical (unpaired) electrons. The van der Waals surface area contributed by atoms with Gasteiger partial charge in [-0.1, -0.05) is 24.3 Å². The van der Waals surface area contributed by atoms with Crippen molar-refractivity contribution >= 4 is 35.3 Å². The Morgan fingerprint density at radius 1 is 1.00 bits per heavy atom. The number of carbonyl (C=O) groups excluding carboxylic acids is 3. The SMILES string of the molecule is COc1cc(CC(=O)NCCNC(=O)N(C)C(C)CC(=O)O)ccc1NC(=O)Nc1ccccc1C. The second-order valence-electron chi connectivity index (χ2n) is 8.25. The molecule has 36 heavy (non-hydrogen) atoms. The molecular weight excluding hydrogens is 466 g/mol. The number of carboxylic acids is 1. The number of carbonyl (C=O) groups is 4. The number of hydrogen-bond donors (Lipinski definition) is 5. The molecule has 1 unspecified atom stereocenters. The smallest absolute Gasteiger partial charge is 0.323 e. The first-order chi connectivity index (χ1) is 17.1. The van der Waals surface area contributed by atoms with E-state index < -0.39 is 24.1 Å². The van der Waals surface area contributed by atoms with Crippen molar-refractivity contribution < 1.29 is 29.0 Å². The van der Waals surface area contributed by atoms with Crippen LogP contribution in [0.4, 0.5) is 21.0 Å². The van der Waals surface area contributed by atoms with Gasteiger partial charge in [-0.15, -0.1) is 0 Å². The van der Waals surface area contributed by atoms with Crippen LogP contribution in [0.15, 0.2) is 42.5 Å². The lowest BCUT2D eigenvalue weighted by molar-refractivity contribution is -0.138. The number of hydrogen-bond acceptors (Lipinski definition) is 5. The van der Waals surface area contributed by atoms with Crippen LogP contribution in [-0.2, 0) is 16.0 Å². The molecular formula is C25H33N5O6. The molecule has 0 bridgehead atoms. The van der Waals surface area contributed by atoms with Gasteiger partial charge in [0, 0.05) is 31.9 Å². The highest BCUT2D eigenvalue weighted by molar-refractivity contribution is 6.01. The number of amides is 5. The average Bonchev–Trinajstić information content (AvgIpc) is 2.83. The molecule has 0 fully saturated rings. The van der Waals surface area contributed by atoms with Crippen molar-refractivity contribution in [3.8, 4) is 5.75 Å². The Kier molecular flexibility index (Phi) is 10.5. The number of nitrogens with zero attached hydrogens (tertiary/aromatic N) is 1. The van der Waals surface area contributed by atoms with Crippen molar-refractivity contribution in [2.75, 3.05) is 37.9 Å². The number of nitrogens with one attached hydrogen (secondary N) is 4. The van der Waals surface area contributed by atoms with E-state index in [4.69, 9.17) is 9.84 Å². The van der Waals surface area contributed by atoms with E-state index in [2.05, 4.69) is 21.3 Å². The van der Waals surface area contributed by atoms with Gasteiger partial charge in [0.25, 0.3) is 0 Å². The first-order valence-corrected chi connectivity index (χ1v) is 11.4. The summed E-state index contributed by atoms with van der Waals surface area (Å²) in [5.41, 5.74) is 2.76. The molecule has 2 aromatic carbocycles. The van der Waals surface area contributed by atoms with E-state index >= 15 is 0 Å². The van der Waals surface area contributed by atoms with Gasteiger partial charge in [0.15, 0.2) is 0 Å². The standard InChI is InChI=1S/C25H33N5O6/c1-16-7-5-6-8-19(16)28-24(34)29-20-10-9-18(14-21(20)36-4)15-22(31)26-11-12-27-25(35)30(3)17(2)13-23(32)33/h5-10,14,17H,11-13,15H2,1-4H3,(H,26,31)(H,27,35)(H,32,33)(H2,28,29,34). The molecule has 0 aromatic heterocycles. The monoisotopic (exact) mass is 499 g/mol. The Hall–Kier alpha value is -4.28. The number of urea groups is 2. The van der Waals surface area contributed by atoms with Crippen LogP contribution in [0.5, 0.6) is 5.75 Å². The lowest BCUT2D eigenvalue weighted by atomic mass is 10.1. The number of methoxy groups -OCH3 is 1. The highest BCUT2D eigenvalue weighted by Crippen LogP contribution is 2.26. The second kappa shape index (κ2) is 13.6. The Bertz CT molecular complexity index is 1090. The van der Waals surface area contributed by atoms with Crippen molar-refractivity contribution in [2.24, 2.45) is 0 Å². The number of aliphatic carboxylic acids is 1.